The molecule has 0 unspecified atom stereocenters. The fourth-order valence-corrected chi connectivity index (χ4v) is 3.01. The SMILES string of the molecule is O=C(C1CCCC1)C1CCCC1.c1cnccn1. The molecule has 1 heterocycles. The summed E-state index contributed by atoms with van der Waals surface area (Å²) in [7, 11) is 0. The van der Waals surface area contributed by atoms with Crippen LogP contribution in [0.5, 0.6) is 0 Å². The van der Waals surface area contributed by atoms with Crippen molar-refractivity contribution in [2.24, 2.45) is 11.8 Å². The van der Waals surface area contributed by atoms with E-state index in [1.807, 2.05) is 0 Å². The van der Waals surface area contributed by atoms with E-state index in [0.717, 1.165) is 0 Å². The minimum Gasteiger partial charge on any atom is -0.299 e. The fraction of sp³-hybridized carbons (Fsp3) is 0.667. The van der Waals surface area contributed by atoms with E-state index < -0.39 is 0 Å². The Labute approximate surface area is 109 Å². The number of hydrogen-bond donors (Lipinski definition) is 0. The maximum atomic E-state index is 11.8. The Hall–Kier alpha value is -1.25. The minimum atomic E-state index is 0.466. The Morgan fingerprint density at radius 3 is 1.33 bits per heavy atom. The first kappa shape index (κ1) is 13.2. The summed E-state index contributed by atoms with van der Waals surface area (Å²) >= 11 is 0. The Morgan fingerprint density at radius 1 is 0.722 bits per heavy atom. The first-order valence-electron chi connectivity index (χ1n) is 7.11. The first-order chi connectivity index (χ1) is 8.88. The largest absolute Gasteiger partial charge is 0.299 e. The summed E-state index contributed by atoms with van der Waals surface area (Å²) in [5.41, 5.74) is 0. The molecule has 3 rings (SSSR count). The second kappa shape index (κ2) is 7.24. The molecule has 2 aliphatic carbocycles. The Morgan fingerprint density at radius 2 is 1.06 bits per heavy atom. The van der Waals surface area contributed by atoms with E-state index in [0.29, 0.717) is 17.6 Å². The van der Waals surface area contributed by atoms with Crippen molar-refractivity contribution in [1.82, 2.24) is 9.97 Å². The molecule has 0 radical (unpaired) electrons. The highest BCUT2D eigenvalue weighted by atomic mass is 16.1. The molecule has 3 nitrogen and oxygen atoms in total. The summed E-state index contributed by atoms with van der Waals surface area (Å²) in [6.07, 6.45) is 16.5. The van der Waals surface area contributed by atoms with Crippen molar-refractivity contribution in [3.05, 3.63) is 24.8 Å². The number of aromatic nitrogens is 2. The maximum Gasteiger partial charge on any atom is 0.139 e. The predicted molar refractivity (Wildman–Crippen MR) is 71.0 cm³/mol. The molecule has 0 amide bonds. The van der Waals surface area contributed by atoms with E-state index in [9.17, 15) is 4.79 Å². The third kappa shape index (κ3) is 3.90. The van der Waals surface area contributed by atoms with Crippen LogP contribution in [0.4, 0.5) is 0 Å². The zero-order chi connectivity index (χ0) is 12.6. The molecule has 0 bridgehead atoms. The van der Waals surface area contributed by atoms with Crippen LogP contribution in [0.3, 0.4) is 0 Å². The van der Waals surface area contributed by atoms with Gasteiger partial charge in [0.05, 0.1) is 0 Å². The van der Waals surface area contributed by atoms with Crippen molar-refractivity contribution in [3.8, 4) is 0 Å². The van der Waals surface area contributed by atoms with Crippen LogP contribution in [0.15, 0.2) is 24.8 Å². The van der Waals surface area contributed by atoms with Gasteiger partial charge in [-0.05, 0) is 25.7 Å². The third-order valence-electron chi connectivity index (χ3n) is 3.99. The Bertz CT molecular complexity index is 296. The van der Waals surface area contributed by atoms with Gasteiger partial charge in [-0.25, -0.2) is 0 Å². The lowest BCUT2D eigenvalue weighted by Crippen LogP contribution is -2.19. The van der Waals surface area contributed by atoms with Gasteiger partial charge >= 0.3 is 0 Å². The van der Waals surface area contributed by atoms with Crippen molar-refractivity contribution in [2.75, 3.05) is 0 Å². The molecule has 98 valence electrons. The lowest BCUT2D eigenvalue weighted by atomic mass is 9.90. The van der Waals surface area contributed by atoms with Gasteiger partial charge in [0.1, 0.15) is 5.78 Å². The Balaban J connectivity index is 0.000000169. The molecule has 2 aliphatic rings. The van der Waals surface area contributed by atoms with Crippen LogP contribution in [-0.2, 0) is 4.79 Å². The summed E-state index contributed by atoms with van der Waals surface area (Å²) in [5, 5.41) is 0. The molecule has 1 aromatic rings. The van der Waals surface area contributed by atoms with E-state index in [2.05, 4.69) is 9.97 Å². The van der Waals surface area contributed by atoms with E-state index in [-0.39, 0.29) is 0 Å². The molecular formula is C15H22N2O. The van der Waals surface area contributed by atoms with E-state index in [1.54, 1.807) is 24.8 Å². The smallest absolute Gasteiger partial charge is 0.139 e. The van der Waals surface area contributed by atoms with Crippen LogP contribution < -0.4 is 0 Å². The van der Waals surface area contributed by atoms with Crippen LogP contribution in [0, 0.1) is 11.8 Å². The van der Waals surface area contributed by atoms with Gasteiger partial charge in [-0.2, -0.15) is 0 Å². The van der Waals surface area contributed by atoms with Crippen molar-refractivity contribution in [1.29, 1.82) is 0 Å². The molecule has 0 aliphatic heterocycles. The predicted octanol–water partition coefficient (Wildman–Crippen LogP) is 3.41. The number of carbonyl (C=O) groups excluding carboxylic acids is 1. The molecule has 2 saturated carbocycles. The van der Waals surface area contributed by atoms with Gasteiger partial charge < -0.3 is 0 Å². The summed E-state index contributed by atoms with van der Waals surface area (Å²) < 4.78 is 0. The highest BCUT2D eigenvalue weighted by Gasteiger charge is 2.30. The van der Waals surface area contributed by atoms with Gasteiger partial charge in [0.15, 0.2) is 0 Å². The van der Waals surface area contributed by atoms with Gasteiger partial charge in [-0.15, -0.1) is 0 Å². The highest BCUT2D eigenvalue weighted by Crippen LogP contribution is 2.34. The number of carbonyl (C=O) groups is 1. The molecule has 0 aromatic carbocycles. The molecule has 18 heavy (non-hydrogen) atoms. The zero-order valence-corrected chi connectivity index (χ0v) is 10.9. The zero-order valence-electron chi connectivity index (χ0n) is 10.9. The summed E-state index contributed by atoms with van der Waals surface area (Å²) in [5.74, 6) is 1.55. The van der Waals surface area contributed by atoms with Gasteiger partial charge in [-0.3, -0.25) is 14.8 Å². The minimum absolute atomic E-state index is 0.466. The van der Waals surface area contributed by atoms with Gasteiger partial charge in [0, 0.05) is 36.6 Å². The molecule has 0 spiro atoms. The monoisotopic (exact) mass is 246 g/mol. The molecule has 0 saturated heterocycles. The van der Waals surface area contributed by atoms with Crippen molar-refractivity contribution < 1.29 is 4.79 Å². The fourth-order valence-electron chi connectivity index (χ4n) is 3.01. The Kier molecular flexibility index (Phi) is 5.31. The summed E-state index contributed by atoms with van der Waals surface area (Å²) in [4.78, 5) is 19.3. The lowest BCUT2D eigenvalue weighted by Gasteiger charge is -2.12. The first-order valence-corrected chi connectivity index (χ1v) is 7.11. The van der Waals surface area contributed by atoms with Crippen molar-refractivity contribution >= 4 is 5.78 Å². The standard InChI is InChI=1S/C11H18O.C4H4N2/c12-11(9-5-1-2-6-9)10-7-3-4-8-10;1-2-6-4-3-5-1/h9-10H,1-8H2;1-4H. The molecule has 2 fully saturated rings. The summed E-state index contributed by atoms with van der Waals surface area (Å²) in [6, 6.07) is 0. The average Bonchev–Trinajstić information content (AvgIpc) is 3.14. The lowest BCUT2D eigenvalue weighted by molar-refractivity contribution is -0.126. The van der Waals surface area contributed by atoms with Crippen LogP contribution >= 0.6 is 0 Å². The molecular weight excluding hydrogens is 224 g/mol. The number of rotatable bonds is 2. The maximum absolute atomic E-state index is 11.8. The van der Waals surface area contributed by atoms with E-state index >= 15 is 0 Å². The molecule has 0 N–H and O–H groups in total. The number of nitrogens with zero attached hydrogens (tertiary/aromatic N) is 2. The number of ketones is 1. The second-order valence-electron chi connectivity index (χ2n) is 5.26. The highest BCUT2D eigenvalue weighted by molar-refractivity contribution is 5.83. The topological polar surface area (TPSA) is 42.9 Å². The van der Waals surface area contributed by atoms with Crippen molar-refractivity contribution in [2.45, 2.75) is 51.4 Å². The van der Waals surface area contributed by atoms with Gasteiger partial charge in [0.25, 0.3) is 0 Å². The number of hydrogen-bond acceptors (Lipinski definition) is 3. The van der Waals surface area contributed by atoms with Crippen LogP contribution in [-0.4, -0.2) is 15.8 Å². The van der Waals surface area contributed by atoms with Crippen LogP contribution in [0.1, 0.15) is 51.4 Å². The molecule has 0 atom stereocenters. The third-order valence-corrected chi connectivity index (χ3v) is 3.99. The molecule has 1 aromatic heterocycles. The average molecular weight is 246 g/mol. The quantitative estimate of drug-likeness (QED) is 0.803. The molecule has 3 heteroatoms. The second-order valence-corrected chi connectivity index (χ2v) is 5.26. The van der Waals surface area contributed by atoms with Gasteiger partial charge in [0.2, 0.25) is 0 Å². The number of Topliss-reactive ketones (excluding diaryl/α,β-unsaturated/α-hetero) is 1. The van der Waals surface area contributed by atoms with Gasteiger partial charge in [-0.1, -0.05) is 25.7 Å². The van der Waals surface area contributed by atoms with E-state index in [1.165, 1.54) is 51.4 Å². The summed E-state index contributed by atoms with van der Waals surface area (Å²) in [6.45, 7) is 0. The van der Waals surface area contributed by atoms with Crippen LogP contribution in [0.25, 0.3) is 0 Å². The normalized spacial score (nSPS) is 20.4. The van der Waals surface area contributed by atoms with E-state index in [4.69, 9.17) is 0 Å². The van der Waals surface area contributed by atoms with Crippen LogP contribution in [0.2, 0.25) is 0 Å². The van der Waals surface area contributed by atoms with Crippen molar-refractivity contribution in [3.63, 3.8) is 0 Å².